The van der Waals surface area contributed by atoms with Gasteiger partial charge in [0.05, 0.1) is 0 Å². The fourth-order valence-electron chi connectivity index (χ4n) is 2.66. The topological polar surface area (TPSA) is 28.2 Å². The highest BCUT2D eigenvalue weighted by Crippen LogP contribution is 2.22. The van der Waals surface area contributed by atoms with Gasteiger partial charge in [-0.3, -0.25) is 0 Å². The highest BCUT2D eigenvalue weighted by molar-refractivity contribution is 5.48. The third kappa shape index (κ3) is 3.07. The average molecular weight is 271 g/mol. The first-order chi connectivity index (χ1) is 9.81. The van der Waals surface area contributed by atoms with Crippen LogP contribution in [-0.2, 0) is 0 Å². The van der Waals surface area contributed by atoms with Crippen molar-refractivity contribution in [3.05, 3.63) is 54.5 Å². The van der Waals surface area contributed by atoms with Gasteiger partial charge in [0.1, 0.15) is 11.6 Å². The van der Waals surface area contributed by atoms with Crippen LogP contribution in [-0.4, -0.2) is 24.1 Å². The van der Waals surface area contributed by atoms with Gasteiger partial charge in [-0.25, -0.2) is 9.37 Å². The monoisotopic (exact) mass is 271 g/mol. The van der Waals surface area contributed by atoms with E-state index in [1.54, 1.807) is 18.3 Å². The van der Waals surface area contributed by atoms with Gasteiger partial charge in [-0.05, 0) is 43.2 Å². The predicted molar refractivity (Wildman–Crippen MR) is 79.5 cm³/mol. The molecule has 0 amide bonds. The molecule has 0 aliphatic carbocycles. The molecule has 1 N–H and O–H groups in total. The highest BCUT2D eigenvalue weighted by Gasteiger charge is 2.20. The van der Waals surface area contributed by atoms with Crippen molar-refractivity contribution >= 4 is 11.5 Å². The molecule has 1 aromatic heterocycles. The number of nitrogens with zero attached hydrogens (tertiary/aromatic N) is 2. The summed E-state index contributed by atoms with van der Waals surface area (Å²) >= 11 is 0. The summed E-state index contributed by atoms with van der Waals surface area (Å²) in [4.78, 5) is 6.52. The Morgan fingerprint density at radius 3 is 2.95 bits per heavy atom. The summed E-state index contributed by atoms with van der Waals surface area (Å²) in [6.07, 6.45) is 4.00. The lowest BCUT2D eigenvalue weighted by Crippen LogP contribution is -2.42. The molecule has 0 saturated carbocycles. The van der Waals surface area contributed by atoms with Crippen LogP contribution in [0.4, 0.5) is 15.9 Å². The molecule has 4 heteroatoms. The molecule has 1 saturated heterocycles. The maximum absolute atomic E-state index is 13.3. The summed E-state index contributed by atoms with van der Waals surface area (Å²) in [6.45, 7) is 1.85. The lowest BCUT2D eigenvalue weighted by Gasteiger charge is -2.35. The number of benzene rings is 1. The van der Waals surface area contributed by atoms with Gasteiger partial charge in [-0.2, -0.15) is 0 Å². The first-order valence-corrected chi connectivity index (χ1v) is 6.99. The van der Waals surface area contributed by atoms with Gasteiger partial charge in [-0.15, -0.1) is 0 Å². The molecule has 2 aromatic rings. The van der Waals surface area contributed by atoms with Gasteiger partial charge in [-0.1, -0.05) is 12.1 Å². The summed E-state index contributed by atoms with van der Waals surface area (Å²) in [7, 11) is 0. The van der Waals surface area contributed by atoms with E-state index in [4.69, 9.17) is 0 Å². The molecule has 1 atom stereocenters. The van der Waals surface area contributed by atoms with Crippen molar-refractivity contribution in [2.24, 2.45) is 0 Å². The molecule has 0 spiro atoms. The Labute approximate surface area is 118 Å². The molecule has 3 rings (SSSR count). The molecule has 1 aliphatic heterocycles. The van der Waals surface area contributed by atoms with Crippen LogP contribution < -0.4 is 10.2 Å². The zero-order valence-corrected chi connectivity index (χ0v) is 11.3. The van der Waals surface area contributed by atoms with Crippen LogP contribution in [0.3, 0.4) is 0 Å². The van der Waals surface area contributed by atoms with Gasteiger partial charge >= 0.3 is 0 Å². The summed E-state index contributed by atoms with van der Waals surface area (Å²) in [5.74, 6) is 0.723. The van der Waals surface area contributed by atoms with Crippen LogP contribution in [0.5, 0.6) is 0 Å². The Kier molecular flexibility index (Phi) is 3.81. The summed E-state index contributed by atoms with van der Waals surface area (Å²) in [5, 5.41) is 3.45. The van der Waals surface area contributed by atoms with Crippen LogP contribution in [0.15, 0.2) is 48.7 Å². The van der Waals surface area contributed by atoms with E-state index in [0.29, 0.717) is 6.04 Å². The minimum atomic E-state index is -0.178. The number of nitrogens with one attached hydrogen (secondary N) is 1. The number of hydrogen-bond donors (Lipinski definition) is 1. The zero-order chi connectivity index (χ0) is 13.8. The minimum absolute atomic E-state index is 0.178. The van der Waals surface area contributed by atoms with E-state index >= 15 is 0 Å². The molecule has 2 heterocycles. The SMILES string of the molecule is Fc1cccc(N2CCCC(Nc3ccccn3)C2)c1. The van der Waals surface area contributed by atoms with Crippen molar-refractivity contribution in [3.63, 3.8) is 0 Å². The van der Waals surface area contributed by atoms with Gasteiger partial charge in [0.2, 0.25) is 0 Å². The maximum atomic E-state index is 13.3. The zero-order valence-electron chi connectivity index (χ0n) is 11.3. The quantitative estimate of drug-likeness (QED) is 0.928. The van der Waals surface area contributed by atoms with Crippen molar-refractivity contribution in [1.82, 2.24) is 4.98 Å². The third-order valence-corrected chi connectivity index (χ3v) is 3.61. The van der Waals surface area contributed by atoms with Crippen molar-refractivity contribution in [3.8, 4) is 0 Å². The second kappa shape index (κ2) is 5.90. The number of rotatable bonds is 3. The van der Waals surface area contributed by atoms with Crippen LogP contribution in [0.25, 0.3) is 0 Å². The summed E-state index contributed by atoms with van der Waals surface area (Å²) < 4.78 is 13.3. The lowest BCUT2D eigenvalue weighted by molar-refractivity contribution is 0.527. The fourth-order valence-corrected chi connectivity index (χ4v) is 2.66. The van der Waals surface area contributed by atoms with Crippen molar-refractivity contribution < 1.29 is 4.39 Å². The largest absolute Gasteiger partial charge is 0.369 e. The molecule has 1 unspecified atom stereocenters. The molecule has 0 radical (unpaired) electrons. The van der Waals surface area contributed by atoms with Gasteiger partial charge in [0, 0.05) is 31.0 Å². The predicted octanol–water partition coefficient (Wildman–Crippen LogP) is 3.30. The van der Waals surface area contributed by atoms with Crippen LogP contribution >= 0.6 is 0 Å². The standard InChI is InChI=1S/C16H18FN3/c17-13-5-3-7-15(11-13)20-10-4-6-14(12-20)19-16-8-1-2-9-18-16/h1-3,5,7-9,11,14H,4,6,10,12H2,(H,18,19). The van der Waals surface area contributed by atoms with E-state index in [9.17, 15) is 4.39 Å². The number of hydrogen-bond acceptors (Lipinski definition) is 3. The van der Waals surface area contributed by atoms with Gasteiger partial charge in [0.25, 0.3) is 0 Å². The van der Waals surface area contributed by atoms with Gasteiger partial charge in [0.15, 0.2) is 0 Å². The molecule has 104 valence electrons. The molecule has 1 aliphatic rings. The Balaban J connectivity index is 1.67. The minimum Gasteiger partial charge on any atom is -0.369 e. The van der Waals surface area contributed by atoms with E-state index in [0.717, 1.165) is 37.4 Å². The number of piperidine rings is 1. The van der Waals surface area contributed by atoms with Crippen LogP contribution in [0.1, 0.15) is 12.8 Å². The molecular formula is C16H18FN3. The van der Waals surface area contributed by atoms with Crippen molar-refractivity contribution in [2.45, 2.75) is 18.9 Å². The Bertz CT molecular complexity index is 559. The van der Waals surface area contributed by atoms with Crippen molar-refractivity contribution in [2.75, 3.05) is 23.3 Å². The normalized spacial score (nSPS) is 18.9. The smallest absolute Gasteiger partial charge is 0.126 e. The van der Waals surface area contributed by atoms with Crippen LogP contribution in [0, 0.1) is 5.82 Å². The maximum Gasteiger partial charge on any atom is 0.126 e. The fraction of sp³-hybridized carbons (Fsp3) is 0.312. The van der Waals surface area contributed by atoms with Gasteiger partial charge < -0.3 is 10.2 Å². The van der Waals surface area contributed by atoms with Crippen LogP contribution in [0.2, 0.25) is 0 Å². The van der Waals surface area contributed by atoms with E-state index in [1.165, 1.54) is 6.07 Å². The van der Waals surface area contributed by atoms with Crippen molar-refractivity contribution in [1.29, 1.82) is 0 Å². The highest BCUT2D eigenvalue weighted by atomic mass is 19.1. The average Bonchev–Trinajstić information content (AvgIpc) is 2.49. The first-order valence-electron chi connectivity index (χ1n) is 6.99. The number of aromatic nitrogens is 1. The Hall–Kier alpha value is -2.10. The molecule has 0 bridgehead atoms. The molecule has 1 aromatic carbocycles. The first kappa shape index (κ1) is 12.9. The third-order valence-electron chi connectivity index (χ3n) is 3.61. The lowest BCUT2D eigenvalue weighted by atomic mass is 10.0. The second-order valence-electron chi connectivity index (χ2n) is 5.12. The Morgan fingerprint density at radius 1 is 1.20 bits per heavy atom. The summed E-state index contributed by atoms with van der Waals surface area (Å²) in [5.41, 5.74) is 0.956. The Morgan fingerprint density at radius 2 is 2.15 bits per heavy atom. The molecular weight excluding hydrogens is 253 g/mol. The van der Waals surface area contributed by atoms with E-state index in [1.807, 2.05) is 24.3 Å². The van der Waals surface area contributed by atoms with E-state index in [-0.39, 0.29) is 5.82 Å². The molecule has 1 fully saturated rings. The summed E-state index contributed by atoms with van der Waals surface area (Å²) in [6, 6.07) is 13.0. The number of halogens is 1. The number of anilines is 2. The van der Waals surface area contributed by atoms with E-state index in [2.05, 4.69) is 15.2 Å². The van der Waals surface area contributed by atoms with E-state index < -0.39 is 0 Å². The second-order valence-corrected chi connectivity index (χ2v) is 5.12. The molecule has 3 nitrogen and oxygen atoms in total. The molecule has 20 heavy (non-hydrogen) atoms. The number of pyridine rings is 1.